The first-order chi connectivity index (χ1) is 6.36. The van der Waals surface area contributed by atoms with Crippen molar-refractivity contribution in [2.24, 2.45) is 5.18 Å². The Morgan fingerprint density at radius 1 is 1.46 bits per heavy atom. The maximum Gasteiger partial charge on any atom is 0.217 e. The van der Waals surface area contributed by atoms with Gasteiger partial charge in [-0.15, -0.1) is 10.0 Å². The molecule has 0 amide bonds. The molecule has 0 aliphatic rings. The third-order valence-electron chi connectivity index (χ3n) is 1.96. The van der Waals surface area contributed by atoms with E-state index in [-0.39, 0.29) is 5.82 Å². The van der Waals surface area contributed by atoms with Crippen LogP contribution in [-0.4, -0.2) is 9.78 Å². The molecule has 0 unspecified atom stereocenters. The van der Waals surface area contributed by atoms with Gasteiger partial charge in [0.1, 0.15) is 0 Å². The van der Waals surface area contributed by atoms with Crippen LogP contribution in [0.5, 0.6) is 0 Å². The third-order valence-corrected chi connectivity index (χ3v) is 1.96. The first-order valence-corrected chi connectivity index (χ1v) is 4.73. The molecule has 0 fully saturated rings. The van der Waals surface area contributed by atoms with E-state index in [0.717, 1.165) is 13.0 Å². The molecule has 0 N–H and O–H groups in total. The van der Waals surface area contributed by atoms with E-state index >= 15 is 0 Å². The maximum atomic E-state index is 10.1. The Hall–Kier alpha value is -1.19. The van der Waals surface area contributed by atoms with E-state index in [1.165, 1.54) is 19.3 Å². The quantitative estimate of drug-likeness (QED) is 0.500. The Labute approximate surface area is 77.9 Å². The van der Waals surface area contributed by atoms with Gasteiger partial charge >= 0.3 is 0 Å². The van der Waals surface area contributed by atoms with Gasteiger partial charge in [0.25, 0.3) is 0 Å². The fraction of sp³-hybridized carbons (Fsp3) is 0.667. The lowest BCUT2D eigenvalue weighted by Gasteiger charge is -1.99. The summed E-state index contributed by atoms with van der Waals surface area (Å²) in [7, 11) is 0. The summed E-state index contributed by atoms with van der Waals surface area (Å²) in [5.41, 5.74) is 0. The Balaban J connectivity index is 2.24. The van der Waals surface area contributed by atoms with Gasteiger partial charge in [-0.3, -0.25) is 4.68 Å². The number of hydrogen-bond acceptors (Lipinski definition) is 3. The molecule has 0 aliphatic carbocycles. The second-order valence-electron chi connectivity index (χ2n) is 3.09. The van der Waals surface area contributed by atoms with E-state index in [9.17, 15) is 4.91 Å². The van der Waals surface area contributed by atoms with Crippen LogP contribution in [0.25, 0.3) is 0 Å². The van der Waals surface area contributed by atoms with Crippen molar-refractivity contribution in [3.63, 3.8) is 0 Å². The summed E-state index contributed by atoms with van der Waals surface area (Å²) >= 11 is 0. The van der Waals surface area contributed by atoms with Gasteiger partial charge in [-0.2, -0.15) is 0 Å². The van der Waals surface area contributed by atoms with E-state index in [1.54, 1.807) is 16.9 Å². The summed E-state index contributed by atoms with van der Waals surface area (Å²) in [6.07, 6.45) is 6.64. The second kappa shape index (κ2) is 5.45. The fourth-order valence-electron chi connectivity index (χ4n) is 1.22. The number of aromatic nitrogens is 2. The molecule has 4 heteroatoms. The van der Waals surface area contributed by atoms with E-state index in [4.69, 9.17) is 0 Å². The number of aryl methyl sites for hydroxylation is 1. The van der Waals surface area contributed by atoms with Gasteiger partial charge in [0.05, 0.1) is 0 Å². The number of nitrogens with zero attached hydrogens (tertiary/aromatic N) is 3. The molecule has 72 valence electrons. The molecule has 0 saturated carbocycles. The molecule has 0 saturated heterocycles. The van der Waals surface area contributed by atoms with Crippen molar-refractivity contribution in [3.05, 3.63) is 17.2 Å². The van der Waals surface area contributed by atoms with Crippen LogP contribution in [0.4, 0.5) is 5.82 Å². The van der Waals surface area contributed by atoms with E-state index in [1.807, 2.05) is 0 Å². The molecule has 13 heavy (non-hydrogen) atoms. The summed E-state index contributed by atoms with van der Waals surface area (Å²) in [5, 5.41) is 6.72. The van der Waals surface area contributed by atoms with Crippen molar-refractivity contribution in [2.75, 3.05) is 0 Å². The summed E-state index contributed by atoms with van der Waals surface area (Å²) < 4.78 is 1.77. The summed E-state index contributed by atoms with van der Waals surface area (Å²) in [6, 6.07) is 1.63. The third kappa shape index (κ3) is 3.36. The van der Waals surface area contributed by atoms with Gasteiger partial charge in [0, 0.05) is 18.8 Å². The molecule has 1 aromatic rings. The normalized spacial score (nSPS) is 10.2. The van der Waals surface area contributed by atoms with Crippen molar-refractivity contribution in [1.82, 2.24) is 9.78 Å². The molecular weight excluding hydrogens is 166 g/mol. The predicted octanol–water partition coefficient (Wildman–Crippen LogP) is 2.86. The molecule has 4 nitrogen and oxygen atoms in total. The molecule has 0 spiro atoms. The first-order valence-electron chi connectivity index (χ1n) is 4.73. The fourth-order valence-corrected chi connectivity index (χ4v) is 1.22. The first kappa shape index (κ1) is 9.89. The van der Waals surface area contributed by atoms with Crippen molar-refractivity contribution in [2.45, 2.75) is 39.2 Å². The Morgan fingerprint density at radius 3 is 2.92 bits per heavy atom. The molecule has 0 bridgehead atoms. The maximum absolute atomic E-state index is 10.1. The lowest BCUT2D eigenvalue weighted by atomic mass is 10.2. The van der Waals surface area contributed by atoms with Crippen LogP contribution < -0.4 is 0 Å². The molecule has 1 rings (SSSR count). The molecule has 0 atom stereocenters. The van der Waals surface area contributed by atoms with Gasteiger partial charge in [0.15, 0.2) is 0 Å². The number of rotatable bonds is 6. The minimum absolute atomic E-state index is 0.274. The molecule has 1 aromatic heterocycles. The van der Waals surface area contributed by atoms with Crippen LogP contribution in [-0.2, 0) is 6.54 Å². The monoisotopic (exact) mass is 181 g/mol. The minimum Gasteiger partial charge on any atom is -0.270 e. The molecule has 0 aliphatic heterocycles. The number of hydrogen-bond donors (Lipinski definition) is 0. The highest BCUT2D eigenvalue weighted by atomic mass is 16.3. The standard InChI is InChI=1S/C9H15N3O/c1-2-3-4-5-7-12-8-6-9(10-12)11-13/h6,8H,2-5,7H2,1H3. The van der Waals surface area contributed by atoms with Crippen molar-refractivity contribution < 1.29 is 0 Å². The SMILES string of the molecule is CCCCCCn1ccc(N=O)n1. The van der Waals surface area contributed by atoms with Crippen molar-refractivity contribution in [3.8, 4) is 0 Å². The number of unbranched alkanes of at least 4 members (excludes halogenated alkanes) is 3. The Morgan fingerprint density at radius 2 is 2.31 bits per heavy atom. The van der Waals surface area contributed by atoms with Gasteiger partial charge in [-0.05, 0) is 11.6 Å². The van der Waals surface area contributed by atoms with Crippen LogP contribution in [0.15, 0.2) is 17.4 Å². The average Bonchev–Trinajstić information content (AvgIpc) is 2.60. The Kier molecular flexibility index (Phi) is 4.15. The van der Waals surface area contributed by atoms with Gasteiger partial charge in [0.2, 0.25) is 5.82 Å². The van der Waals surface area contributed by atoms with Gasteiger partial charge in [-0.1, -0.05) is 26.2 Å². The number of nitroso groups, excluding NO2 is 1. The smallest absolute Gasteiger partial charge is 0.217 e. The van der Waals surface area contributed by atoms with E-state index < -0.39 is 0 Å². The molecule has 1 heterocycles. The highest BCUT2D eigenvalue weighted by Gasteiger charge is 1.96. The minimum atomic E-state index is 0.274. The zero-order valence-corrected chi connectivity index (χ0v) is 7.94. The largest absolute Gasteiger partial charge is 0.270 e. The van der Waals surface area contributed by atoms with Crippen LogP contribution in [0.3, 0.4) is 0 Å². The van der Waals surface area contributed by atoms with Gasteiger partial charge in [-0.25, -0.2) is 0 Å². The zero-order valence-electron chi connectivity index (χ0n) is 7.94. The van der Waals surface area contributed by atoms with Crippen LogP contribution in [0.2, 0.25) is 0 Å². The van der Waals surface area contributed by atoms with Crippen molar-refractivity contribution >= 4 is 5.82 Å². The van der Waals surface area contributed by atoms with E-state index in [2.05, 4.69) is 17.2 Å². The predicted molar refractivity (Wildman–Crippen MR) is 51.8 cm³/mol. The van der Waals surface area contributed by atoms with Crippen molar-refractivity contribution in [1.29, 1.82) is 0 Å². The molecule has 0 aromatic carbocycles. The lowest BCUT2D eigenvalue weighted by Crippen LogP contribution is -1.97. The lowest BCUT2D eigenvalue weighted by molar-refractivity contribution is 0.542. The summed E-state index contributed by atoms with van der Waals surface area (Å²) in [4.78, 5) is 10.1. The van der Waals surface area contributed by atoms with Crippen LogP contribution in [0.1, 0.15) is 32.6 Å². The van der Waals surface area contributed by atoms with E-state index in [0.29, 0.717) is 0 Å². The Bertz CT molecular complexity index is 257. The molecule has 0 radical (unpaired) electrons. The van der Waals surface area contributed by atoms with Crippen LogP contribution in [0, 0.1) is 4.91 Å². The average molecular weight is 181 g/mol. The highest BCUT2D eigenvalue weighted by molar-refractivity contribution is 5.22. The van der Waals surface area contributed by atoms with Gasteiger partial charge < -0.3 is 0 Å². The summed E-state index contributed by atoms with van der Waals surface area (Å²) in [6.45, 7) is 3.07. The zero-order chi connectivity index (χ0) is 9.52. The van der Waals surface area contributed by atoms with Crippen LogP contribution >= 0.6 is 0 Å². The second-order valence-corrected chi connectivity index (χ2v) is 3.09. The summed E-state index contributed by atoms with van der Waals surface area (Å²) in [5.74, 6) is 0.274. The molecular formula is C9H15N3O. The topological polar surface area (TPSA) is 47.2 Å². The highest BCUT2D eigenvalue weighted by Crippen LogP contribution is 2.07.